The second-order valence-electron chi connectivity index (χ2n) is 6.53. The van der Waals surface area contributed by atoms with E-state index in [1.165, 1.54) is 18.2 Å². The lowest BCUT2D eigenvalue weighted by molar-refractivity contribution is -0.149. The first-order valence-electron chi connectivity index (χ1n) is 6.97. The van der Waals surface area contributed by atoms with Crippen molar-refractivity contribution in [1.82, 2.24) is 0 Å². The summed E-state index contributed by atoms with van der Waals surface area (Å²) in [6.45, 7) is 2.32. The van der Waals surface area contributed by atoms with Gasteiger partial charge >= 0.3 is 5.97 Å². The van der Waals surface area contributed by atoms with Crippen LogP contribution in [0, 0.1) is 10.8 Å². The van der Waals surface area contributed by atoms with Crippen LogP contribution in [0.1, 0.15) is 37.3 Å². The number of allylic oxidation sites excluding steroid dienone is 1. The van der Waals surface area contributed by atoms with Crippen LogP contribution in [0.4, 0.5) is 0 Å². The summed E-state index contributed by atoms with van der Waals surface area (Å²) in [7, 11) is 1.52. The van der Waals surface area contributed by atoms with Crippen molar-refractivity contribution in [2.45, 2.75) is 31.6 Å². The molecule has 0 heterocycles. The fourth-order valence-electron chi connectivity index (χ4n) is 4.84. The van der Waals surface area contributed by atoms with Crippen LogP contribution in [-0.4, -0.2) is 13.1 Å². The average molecular weight is 254 g/mol. The van der Waals surface area contributed by atoms with Gasteiger partial charge in [-0.05, 0) is 35.8 Å². The van der Waals surface area contributed by atoms with Crippen LogP contribution < -0.4 is 0 Å². The molecule has 0 saturated heterocycles. The highest BCUT2D eigenvalue weighted by molar-refractivity contribution is 5.90. The van der Waals surface area contributed by atoms with Crippen molar-refractivity contribution >= 4 is 12.0 Å². The van der Waals surface area contributed by atoms with Gasteiger partial charge in [-0.2, -0.15) is 0 Å². The Hall–Kier alpha value is -1.57. The van der Waals surface area contributed by atoms with Crippen molar-refractivity contribution in [2.75, 3.05) is 7.11 Å². The van der Waals surface area contributed by atoms with Crippen LogP contribution in [0.5, 0.6) is 0 Å². The maximum atomic E-state index is 12.7. The highest BCUT2D eigenvalue weighted by Gasteiger charge is 2.80. The van der Waals surface area contributed by atoms with Crippen LogP contribution in [-0.2, 0) is 14.9 Å². The van der Waals surface area contributed by atoms with Crippen LogP contribution in [0.3, 0.4) is 0 Å². The Labute approximate surface area is 113 Å². The van der Waals surface area contributed by atoms with Crippen LogP contribution in [0.25, 0.3) is 6.08 Å². The third kappa shape index (κ3) is 1.00. The molecule has 2 nitrogen and oxygen atoms in total. The van der Waals surface area contributed by atoms with Crippen molar-refractivity contribution in [2.24, 2.45) is 10.8 Å². The highest BCUT2D eigenvalue weighted by atomic mass is 16.5. The van der Waals surface area contributed by atoms with E-state index in [1.54, 1.807) is 0 Å². The van der Waals surface area contributed by atoms with Crippen LogP contribution in [0.15, 0.2) is 30.3 Å². The number of hydrogen-bond acceptors (Lipinski definition) is 2. The van der Waals surface area contributed by atoms with E-state index < -0.39 is 5.41 Å². The molecule has 3 aliphatic carbocycles. The van der Waals surface area contributed by atoms with E-state index >= 15 is 0 Å². The quantitative estimate of drug-likeness (QED) is 0.719. The molecule has 2 heteroatoms. The molecule has 1 aromatic rings. The fourth-order valence-corrected chi connectivity index (χ4v) is 4.84. The second-order valence-corrected chi connectivity index (χ2v) is 6.53. The monoisotopic (exact) mass is 254 g/mol. The molecule has 3 atom stereocenters. The third-order valence-electron chi connectivity index (χ3n) is 5.94. The van der Waals surface area contributed by atoms with Gasteiger partial charge in [0.15, 0.2) is 0 Å². The Kier molecular flexibility index (Phi) is 1.85. The molecule has 0 bridgehead atoms. The van der Waals surface area contributed by atoms with Gasteiger partial charge in [0, 0.05) is 5.41 Å². The highest BCUT2D eigenvalue weighted by Crippen LogP contribution is 2.82. The van der Waals surface area contributed by atoms with Crippen LogP contribution in [0.2, 0.25) is 0 Å². The molecule has 1 spiro atoms. The van der Waals surface area contributed by atoms with Crippen molar-refractivity contribution in [3.8, 4) is 0 Å². The van der Waals surface area contributed by atoms with E-state index in [4.69, 9.17) is 4.74 Å². The maximum absolute atomic E-state index is 12.7. The normalized spacial score (nSPS) is 41.2. The molecular formula is C17H18O2. The van der Waals surface area contributed by atoms with Gasteiger partial charge in [-0.1, -0.05) is 43.3 Å². The first kappa shape index (κ1) is 11.3. The lowest BCUT2D eigenvalue weighted by atomic mass is 9.63. The zero-order valence-corrected chi connectivity index (χ0v) is 11.4. The van der Waals surface area contributed by atoms with E-state index in [2.05, 4.69) is 31.2 Å². The van der Waals surface area contributed by atoms with E-state index in [-0.39, 0.29) is 16.8 Å². The molecule has 1 aromatic carbocycles. The van der Waals surface area contributed by atoms with E-state index in [9.17, 15) is 4.79 Å². The summed E-state index contributed by atoms with van der Waals surface area (Å²) in [5.41, 5.74) is 2.19. The summed E-state index contributed by atoms with van der Waals surface area (Å²) in [6.07, 6.45) is 7.63. The molecule has 0 aliphatic heterocycles. The number of hydrogen-bond donors (Lipinski definition) is 0. The molecule has 98 valence electrons. The first-order valence-corrected chi connectivity index (χ1v) is 6.97. The van der Waals surface area contributed by atoms with Crippen LogP contribution >= 0.6 is 0 Å². The Morgan fingerprint density at radius 3 is 2.79 bits per heavy atom. The lowest BCUT2D eigenvalue weighted by Crippen LogP contribution is -2.45. The van der Waals surface area contributed by atoms with Gasteiger partial charge in [0.1, 0.15) is 5.41 Å². The summed E-state index contributed by atoms with van der Waals surface area (Å²) >= 11 is 0. The fraction of sp³-hybridized carbons (Fsp3) is 0.471. The van der Waals surface area contributed by atoms with Gasteiger partial charge in [0.2, 0.25) is 0 Å². The molecule has 2 fully saturated rings. The summed E-state index contributed by atoms with van der Waals surface area (Å²) in [6, 6.07) is 8.28. The van der Waals surface area contributed by atoms with E-state index in [0.717, 1.165) is 19.3 Å². The number of fused-ring (bicyclic) bond motifs is 2. The van der Waals surface area contributed by atoms with Gasteiger partial charge < -0.3 is 4.74 Å². The minimum absolute atomic E-state index is 0.00144. The summed E-state index contributed by atoms with van der Waals surface area (Å²) in [4.78, 5) is 12.7. The largest absolute Gasteiger partial charge is 0.468 e. The molecule has 0 radical (unpaired) electrons. The van der Waals surface area contributed by atoms with Crippen molar-refractivity contribution in [1.29, 1.82) is 0 Å². The molecule has 0 aromatic heterocycles. The Balaban J connectivity index is 2.02. The predicted molar refractivity (Wildman–Crippen MR) is 73.6 cm³/mol. The van der Waals surface area contributed by atoms with E-state index in [0.29, 0.717) is 0 Å². The Morgan fingerprint density at radius 1 is 1.26 bits per heavy atom. The van der Waals surface area contributed by atoms with Gasteiger partial charge in [0.05, 0.1) is 7.11 Å². The average Bonchev–Trinajstić information content (AvgIpc) is 2.95. The smallest absolute Gasteiger partial charge is 0.317 e. The van der Waals surface area contributed by atoms with Gasteiger partial charge in [-0.15, -0.1) is 0 Å². The van der Waals surface area contributed by atoms with Gasteiger partial charge in [-0.3, -0.25) is 4.79 Å². The van der Waals surface area contributed by atoms with Gasteiger partial charge in [-0.25, -0.2) is 0 Å². The number of carbonyl (C=O) groups excluding carboxylic acids is 1. The summed E-state index contributed by atoms with van der Waals surface area (Å²) < 4.78 is 5.22. The number of benzene rings is 1. The number of rotatable bonds is 1. The third-order valence-corrected chi connectivity index (χ3v) is 5.94. The van der Waals surface area contributed by atoms with Crippen molar-refractivity contribution in [3.63, 3.8) is 0 Å². The zero-order chi connectivity index (χ0) is 13.3. The Morgan fingerprint density at radius 2 is 2.05 bits per heavy atom. The number of carbonyl (C=O) groups is 1. The second kappa shape index (κ2) is 3.12. The molecule has 19 heavy (non-hydrogen) atoms. The summed E-state index contributed by atoms with van der Waals surface area (Å²) in [5.74, 6) is -0.0504. The topological polar surface area (TPSA) is 26.3 Å². The molecule has 2 saturated carbocycles. The summed E-state index contributed by atoms with van der Waals surface area (Å²) in [5, 5.41) is 0. The molecule has 3 aliphatic rings. The maximum Gasteiger partial charge on any atom is 0.317 e. The molecule has 0 N–H and O–H groups in total. The predicted octanol–water partition coefficient (Wildman–Crippen LogP) is 3.31. The molecular weight excluding hydrogens is 236 g/mol. The molecule has 0 amide bonds. The molecule has 0 unspecified atom stereocenters. The number of ether oxygens (including phenoxy) is 1. The standard InChI is InChI=1S/C17H18O2/c1-15-9-10-17(14(18)19-2)13-6-4-3-5-12(13)7-8-16(15,17)11-15/h3-8H,9-11H2,1-2H3/t15-,16+,17-/m0/s1. The number of esters is 1. The lowest BCUT2D eigenvalue weighted by Gasteiger charge is -2.39. The van der Waals surface area contributed by atoms with Crippen molar-refractivity contribution in [3.05, 3.63) is 41.5 Å². The molecule has 4 rings (SSSR count). The Bertz CT molecular complexity index is 617. The minimum Gasteiger partial charge on any atom is -0.468 e. The number of methoxy groups -OCH3 is 1. The van der Waals surface area contributed by atoms with Gasteiger partial charge in [0.25, 0.3) is 0 Å². The zero-order valence-electron chi connectivity index (χ0n) is 11.4. The van der Waals surface area contributed by atoms with E-state index in [1.807, 2.05) is 12.1 Å². The minimum atomic E-state index is -0.443. The van der Waals surface area contributed by atoms with Crippen molar-refractivity contribution < 1.29 is 9.53 Å². The first-order chi connectivity index (χ1) is 9.10. The SMILES string of the molecule is COC(=O)[C@@]12CC[C@@]3(C)C[C@]31C=Cc1ccccc12.